The van der Waals surface area contributed by atoms with Crippen LogP contribution in [0.25, 0.3) is 0 Å². The minimum Gasteiger partial charge on any atom is -0.365 e. The molecular formula is C21H24FN3O2S. The summed E-state index contributed by atoms with van der Waals surface area (Å²) in [6.45, 7) is 0.564. The molecule has 0 spiro atoms. The molecule has 0 atom stereocenters. The number of hydrogen-bond donors (Lipinski definition) is 2. The molecule has 2 amide bonds. The second-order valence-corrected chi connectivity index (χ2v) is 8.66. The van der Waals surface area contributed by atoms with Crippen molar-refractivity contribution in [1.82, 2.24) is 4.90 Å². The van der Waals surface area contributed by atoms with Gasteiger partial charge in [-0.2, -0.15) is 0 Å². The number of benzene rings is 1. The van der Waals surface area contributed by atoms with Gasteiger partial charge in [0.05, 0.1) is 12.1 Å². The van der Waals surface area contributed by atoms with Crippen molar-refractivity contribution in [3.63, 3.8) is 0 Å². The second kappa shape index (κ2) is 8.01. The van der Waals surface area contributed by atoms with Gasteiger partial charge in [-0.1, -0.05) is 18.2 Å². The number of rotatable bonds is 7. The molecule has 28 heavy (non-hydrogen) atoms. The Morgan fingerprint density at radius 3 is 2.68 bits per heavy atom. The van der Waals surface area contributed by atoms with Gasteiger partial charge < -0.3 is 11.1 Å². The number of nitrogens with zero attached hydrogens (tertiary/aromatic N) is 1. The highest BCUT2D eigenvalue weighted by Gasteiger charge is 2.31. The van der Waals surface area contributed by atoms with E-state index in [9.17, 15) is 14.0 Å². The SMILES string of the molecule is NC(=O)c1c(NC(=O)CN(Cc2ccccc2F)C2CC2)sc2c1CCCC2. The summed E-state index contributed by atoms with van der Waals surface area (Å²) >= 11 is 1.46. The van der Waals surface area contributed by atoms with Gasteiger partial charge in [-0.3, -0.25) is 14.5 Å². The number of halogens is 1. The van der Waals surface area contributed by atoms with Crippen LogP contribution in [-0.4, -0.2) is 29.3 Å². The van der Waals surface area contributed by atoms with Crippen molar-refractivity contribution in [2.24, 2.45) is 5.73 Å². The van der Waals surface area contributed by atoms with Crippen molar-refractivity contribution < 1.29 is 14.0 Å². The Balaban J connectivity index is 1.48. The lowest BCUT2D eigenvalue weighted by Crippen LogP contribution is -2.35. The lowest BCUT2D eigenvalue weighted by Gasteiger charge is -2.21. The van der Waals surface area contributed by atoms with Crippen LogP contribution in [0.1, 0.15) is 52.0 Å². The zero-order chi connectivity index (χ0) is 19.7. The molecule has 0 bridgehead atoms. The molecule has 148 valence electrons. The number of nitrogens with one attached hydrogen (secondary N) is 1. The maximum atomic E-state index is 14.0. The topological polar surface area (TPSA) is 75.4 Å². The third kappa shape index (κ3) is 4.10. The molecule has 7 heteroatoms. The number of fused-ring (bicyclic) bond motifs is 1. The van der Waals surface area contributed by atoms with E-state index < -0.39 is 5.91 Å². The smallest absolute Gasteiger partial charge is 0.251 e. The van der Waals surface area contributed by atoms with Crippen LogP contribution in [0.4, 0.5) is 9.39 Å². The average molecular weight is 402 g/mol. The number of thiophene rings is 1. The first-order valence-electron chi connectivity index (χ1n) is 9.74. The van der Waals surface area contributed by atoms with Gasteiger partial charge in [-0.05, 0) is 50.2 Å². The number of carbonyl (C=O) groups excluding carboxylic acids is 2. The Morgan fingerprint density at radius 2 is 1.96 bits per heavy atom. The lowest BCUT2D eigenvalue weighted by atomic mass is 9.95. The zero-order valence-corrected chi connectivity index (χ0v) is 16.5. The number of aryl methyl sites for hydroxylation is 1. The Hall–Kier alpha value is -2.25. The van der Waals surface area contributed by atoms with E-state index >= 15 is 0 Å². The molecule has 1 fully saturated rings. The summed E-state index contributed by atoms with van der Waals surface area (Å²) in [6, 6.07) is 6.96. The van der Waals surface area contributed by atoms with E-state index in [2.05, 4.69) is 5.32 Å². The molecule has 1 aromatic carbocycles. The van der Waals surface area contributed by atoms with Crippen molar-refractivity contribution in [1.29, 1.82) is 0 Å². The normalized spacial score (nSPS) is 16.1. The maximum absolute atomic E-state index is 14.0. The number of amides is 2. The molecule has 0 unspecified atom stereocenters. The van der Waals surface area contributed by atoms with E-state index in [1.54, 1.807) is 18.2 Å². The van der Waals surface area contributed by atoms with E-state index in [1.165, 1.54) is 17.4 Å². The molecule has 2 aliphatic carbocycles. The van der Waals surface area contributed by atoms with Gasteiger partial charge in [0.1, 0.15) is 10.8 Å². The second-order valence-electron chi connectivity index (χ2n) is 7.56. The Kier molecular flexibility index (Phi) is 5.46. The van der Waals surface area contributed by atoms with Gasteiger partial charge in [0, 0.05) is 23.0 Å². The van der Waals surface area contributed by atoms with Gasteiger partial charge in [0.15, 0.2) is 0 Å². The highest BCUT2D eigenvalue weighted by atomic mass is 32.1. The quantitative estimate of drug-likeness (QED) is 0.746. The molecular weight excluding hydrogens is 377 g/mol. The molecule has 1 heterocycles. The molecule has 1 aromatic heterocycles. The fourth-order valence-electron chi connectivity index (χ4n) is 3.86. The third-order valence-corrected chi connectivity index (χ3v) is 6.62. The van der Waals surface area contributed by atoms with E-state index in [4.69, 9.17) is 5.73 Å². The number of hydrogen-bond acceptors (Lipinski definition) is 4. The Bertz CT molecular complexity index is 907. The van der Waals surface area contributed by atoms with E-state index in [0.29, 0.717) is 28.7 Å². The van der Waals surface area contributed by atoms with Gasteiger partial charge in [0.25, 0.3) is 5.91 Å². The highest BCUT2D eigenvalue weighted by Crippen LogP contribution is 2.38. The molecule has 5 nitrogen and oxygen atoms in total. The van der Waals surface area contributed by atoms with Gasteiger partial charge in [0.2, 0.25) is 5.91 Å². The van der Waals surface area contributed by atoms with E-state index in [-0.39, 0.29) is 18.3 Å². The predicted octanol–water partition coefficient (Wildman–Crippen LogP) is 3.47. The van der Waals surface area contributed by atoms with Crippen LogP contribution in [-0.2, 0) is 24.2 Å². The average Bonchev–Trinajstić information content (AvgIpc) is 3.43. The van der Waals surface area contributed by atoms with Crippen molar-refractivity contribution in [2.75, 3.05) is 11.9 Å². The lowest BCUT2D eigenvalue weighted by molar-refractivity contribution is -0.117. The number of nitrogens with two attached hydrogens (primary N) is 1. The minimum atomic E-state index is -0.486. The van der Waals surface area contributed by atoms with Gasteiger partial charge in [-0.25, -0.2) is 4.39 Å². The summed E-state index contributed by atoms with van der Waals surface area (Å²) in [5, 5.41) is 3.47. The summed E-state index contributed by atoms with van der Waals surface area (Å²) in [5.74, 6) is -0.931. The Labute approximate surface area is 167 Å². The summed E-state index contributed by atoms with van der Waals surface area (Å²) in [5.41, 5.74) is 7.67. The molecule has 2 aliphatic rings. The van der Waals surface area contributed by atoms with Gasteiger partial charge in [-0.15, -0.1) is 11.3 Å². The van der Waals surface area contributed by atoms with Gasteiger partial charge >= 0.3 is 0 Å². The summed E-state index contributed by atoms with van der Waals surface area (Å²) in [7, 11) is 0. The number of anilines is 1. The van der Waals surface area contributed by atoms with Crippen molar-refractivity contribution >= 4 is 28.2 Å². The van der Waals surface area contributed by atoms with Crippen LogP contribution < -0.4 is 11.1 Å². The fourth-order valence-corrected chi connectivity index (χ4v) is 5.18. The highest BCUT2D eigenvalue weighted by molar-refractivity contribution is 7.17. The molecule has 0 aliphatic heterocycles. The summed E-state index contributed by atoms with van der Waals surface area (Å²) < 4.78 is 14.0. The molecule has 2 aromatic rings. The maximum Gasteiger partial charge on any atom is 0.251 e. The molecule has 4 rings (SSSR count). The summed E-state index contributed by atoms with van der Waals surface area (Å²) in [6.07, 6.45) is 5.93. The molecule has 0 saturated heterocycles. The number of primary amides is 1. The van der Waals surface area contributed by atoms with Crippen LogP contribution >= 0.6 is 11.3 Å². The first-order chi connectivity index (χ1) is 13.5. The van der Waals surface area contributed by atoms with Crippen LogP contribution in [0.15, 0.2) is 24.3 Å². The molecule has 0 radical (unpaired) electrons. The first kappa shape index (κ1) is 19.1. The summed E-state index contributed by atoms with van der Waals surface area (Å²) in [4.78, 5) is 27.9. The zero-order valence-electron chi connectivity index (χ0n) is 15.7. The van der Waals surface area contributed by atoms with E-state index in [1.807, 2.05) is 4.90 Å². The van der Waals surface area contributed by atoms with Crippen LogP contribution in [0.2, 0.25) is 0 Å². The minimum absolute atomic E-state index is 0.166. The molecule has 1 saturated carbocycles. The first-order valence-corrected chi connectivity index (χ1v) is 10.6. The standard InChI is InChI=1S/C21H24FN3O2S/c22-16-7-3-1-5-13(16)11-25(14-9-10-14)12-18(26)24-21-19(20(23)27)15-6-2-4-8-17(15)28-21/h1,3,5,7,14H,2,4,6,8-12H2,(H2,23,27)(H,24,26). The predicted molar refractivity (Wildman–Crippen MR) is 108 cm³/mol. The number of carbonyl (C=O) groups is 2. The molecule has 3 N–H and O–H groups in total. The van der Waals surface area contributed by atoms with Crippen LogP contribution in [0.5, 0.6) is 0 Å². The van der Waals surface area contributed by atoms with Crippen molar-refractivity contribution in [2.45, 2.75) is 51.1 Å². The third-order valence-electron chi connectivity index (χ3n) is 5.41. The van der Waals surface area contributed by atoms with Crippen molar-refractivity contribution in [3.05, 3.63) is 51.7 Å². The Morgan fingerprint density at radius 1 is 1.21 bits per heavy atom. The monoisotopic (exact) mass is 401 g/mol. The van der Waals surface area contributed by atoms with Crippen LogP contribution in [0, 0.1) is 5.82 Å². The fraction of sp³-hybridized carbons (Fsp3) is 0.429. The largest absolute Gasteiger partial charge is 0.365 e. The van der Waals surface area contributed by atoms with Crippen molar-refractivity contribution in [3.8, 4) is 0 Å². The van der Waals surface area contributed by atoms with E-state index in [0.717, 1.165) is 49.0 Å². The van der Waals surface area contributed by atoms with Crippen LogP contribution in [0.3, 0.4) is 0 Å².